The highest BCUT2D eigenvalue weighted by Gasteiger charge is 2.11. The van der Waals surface area contributed by atoms with Crippen LogP contribution < -0.4 is 5.32 Å². The first kappa shape index (κ1) is 17.3. The molecule has 0 unspecified atom stereocenters. The lowest BCUT2D eigenvalue weighted by Crippen LogP contribution is -2.26. The number of amides is 1. The number of nitro benzene ring substituents is 1. The summed E-state index contributed by atoms with van der Waals surface area (Å²) in [5.41, 5.74) is 1.34. The normalized spacial score (nSPS) is 10.5. The Morgan fingerprint density at radius 3 is 2.73 bits per heavy atom. The van der Waals surface area contributed by atoms with Crippen molar-refractivity contribution in [1.82, 2.24) is 14.9 Å². The molecule has 132 valence electrons. The largest absolute Gasteiger partial charge is 0.352 e. The van der Waals surface area contributed by atoms with E-state index in [9.17, 15) is 14.9 Å². The summed E-state index contributed by atoms with van der Waals surface area (Å²) in [6.07, 6.45) is 4.21. The number of imidazole rings is 1. The molecule has 2 aromatic carbocycles. The second-order valence-corrected chi connectivity index (χ2v) is 5.77. The molecular weight excluding hydrogens is 332 g/mol. The van der Waals surface area contributed by atoms with E-state index in [0.717, 1.165) is 12.4 Å². The molecule has 0 spiro atoms. The monoisotopic (exact) mass is 350 g/mol. The van der Waals surface area contributed by atoms with Crippen LogP contribution in [0.3, 0.4) is 0 Å². The van der Waals surface area contributed by atoms with E-state index in [1.165, 1.54) is 23.8 Å². The summed E-state index contributed by atoms with van der Waals surface area (Å²) in [5.74, 6) is 0.531. The third kappa shape index (κ3) is 4.32. The topological polar surface area (TPSA) is 90.1 Å². The second kappa shape index (κ2) is 8.06. The minimum atomic E-state index is -0.517. The van der Waals surface area contributed by atoms with Gasteiger partial charge < -0.3 is 9.88 Å². The fourth-order valence-electron chi connectivity index (χ4n) is 2.64. The average Bonchev–Trinajstić information content (AvgIpc) is 3.09. The van der Waals surface area contributed by atoms with E-state index in [-0.39, 0.29) is 17.2 Å². The molecule has 7 nitrogen and oxygen atoms in total. The van der Waals surface area contributed by atoms with Gasteiger partial charge in [0.1, 0.15) is 5.82 Å². The van der Waals surface area contributed by atoms with Crippen LogP contribution in [0.1, 0.15) is 21.7 Å². The Labute approximate surface area is 150 Å². The van der Waals surface area contributed by atoms with Crippen molar-refractivity contribution in [3.05, 3.63) is 94.1 Å². The van der Waals surface area contributed by atoms with Gasteiger partial charge in [0.05, 0.1) is 4.92 Å². The standard InChI is InChI=1S/C19H18N4O3/c24-19(16-7-4-8-17(13-16)23(25)26)21-10-9-18-20-11-12-22(18)14-15-5-2-1-3-6-15/h1-8,11-13H,9-10,14H2,(H,21,24). The predicted octanol–water partition coefficient (Wildman–Crippen LogP) is 2.81. The number of carbonyl (C=O) groups excluding carboxylic acids is 1. The summed E-state index contributed by atoms with van der Waals surface area (Å²) in [4.78, 5) is 26.8. The number of nitrogens with one attached hydrogen (secondary N) is 1. The maximum atomic E-state index is 12.2. The van der Waals surface area contributed by atoms with Crippen molar-refractivity contribution in [3.63, 3.8) is 0 Å². The molecule has 1 heterocycles. The smallest absolute Gasteiger partial charge is 0.270 e. The van der Waals surface area contributed by atoms with E-state index in [1.54, 1.807) is 12.3 Å². The molecule has 7 heteroatoms. The summed E-state index contributed by atoms with van der Waals surface area (Å²) in [6.45, 7) is 1.11. The van der Waals surface area contributed by atoms with Gasteiger partial charge in [-0.1, -0.05) is 36.4 Å². The van der Waals surface area contributed by atoms with Crippen LogP contribution in [0.4, 0.5) is 5.69 Å². The number of benzene rings is 2. The first-order valence-corrected chi connectivity index (χ1v) is 8.20. The Balaban J connectivity index is 1.57. The molecule has 1 N–H and O–H groups in total. The van der Waals surface area contributed by atoms with E-state index in [1.807, 2.05) is 41.1 Å². The number of nitro groups is 1. The molecule has 0 atom stereocenters. The van der Waals surface area contributed by atoms with Crippen molar-refractivity contribution in [2.45, 2.75) is 13.0 Å². The van der Waals surface area contributed by atoms with Crippen molar-refractivity contribution in [1.29, 1.82) is 0 Å². The number of nitrogens with zero attached hydrogens (tertiary/aromatic N) is 3. The van der Waals surface area contributed by atoms with Gasteiger partial charge in [0.15, 0.2) is 0 Å². The lowest BCUT2D eigenvalue weighted by molar-refractivity contribution is -0.384. The molecule has 26 heavy (non-hydrogen) atoms. The van der Waals surface area contributed by atoms with Gasteiger partial charge in [0.25, 0.3) is 11.6 Å². The number of aromatic nitrogens is 2. The lowest BCUT2D eigenvalue weighted by atomic mass is 10.2. The summed E-state index contributed by atoms with van der Waals surface area (Å²) in [5, 5.41) is 13.6. The third-order valence-electron chi connectivity index (χ3n) is 3.95. The van der Waals surface area contributed by atoms with Crippen LogP contribution in [0.2, 0.25) is 0 Å². The van der Waals surface area contributed by atoms with Gasteiger partial charge in [0.2, 0.25) is 0 Å². The molecule has 1 aromatic heterocycles. The summed E-state index contributed by atoms with van der Waals surface area (Å²) in [6, 6.07) is 15.7. The molecule has 0 radical (unpaired) electrons. The first-order valence-electron chi connectivity index (χ1n) is 8.20. The number of rotatable bonds is 7. The van der Waals surface area contributed by atoms with E-state index in [0.29, 0.717) is 13.0 Å². The molecule has 0 fully saturated rings. The Bertz CT molecular complexity index is 906. The fraction of sp³-hybridized carbons (Fsp3) is 0.158. The number of non-ortho nitro benzene ring substituents is 1. The number of carbonyl (C=O) groups is 1. The van der Waals surface area contributed by atoms with Crippen LogP contribution in [0.15, 0.2) is 67.0 Å². The van der Waals surface area contributed by atoms with Crippen LogP contribution in [-0.2, 0) is 13.0 Å². The molecule has 0 aliphatic carbocycles. The van der Waals surface area contributed by atoms with E-state index in [4.69, 9.17) is 0 Å². The molecule has 3 aromatic rings. The molecule has 3 rings (SSSR count). The van der Waals surface area contributed by atoms with Crippen molar-refractivity contribution in [3.8, 4) is 0 Å². The second-order valence-electron chi connectivity index (χ2n) is 5.77. The van der Waals surface area contributed by atoms with Crippen LogP contribution >= 0.6 is 0 Å². The summed E-state index contributed by atoms with van der Waals surface area (Å²) < 4.78 is 2.04. The quantitative estimate of drug-likeness (QED) is 0.524. The number of hydrogen-bond acceptors (Lipinski definition) is 4. The van der Waals surface area contributed by atoms with E-state index < -0.39 is 4.92 Å². The highest BCUT2D eigenvalue weighted by atomic mass is 16.6. The molecule has 1 amide bonds. The molecule has 0 aliphatic rings. The van der Waals surface area contributed by atoms with Crippen molar-refractivity contribution < 1.29 is 9.72 Å². The zero-order chi connectivity index (χ0) is 18.4. The minimum Gasteiger partial charge on any atom is -0.352 e. The van der Waals surface area contributed by atoms with Crippen LogP contribution in [0.25, 0.3) is 0 Å². The Morgan fingerprint density at radius 2 is 1.96 bits per heavy atom. The SMILES string of the molecule is O=C(NCCc1nccn1Cc1ccccc1)c1cccc([N+](=O)[O-])c1. The predicted molar refractivity (Wildman–Crippen MR) is 96.9 cm³/mol. The molecule has 0 aliphatic heterocycles. The zero-order valence-electron chi connectivity index (χ0n) is 14.0. The highest BCUT2D eigenvalue weighted by Crippen LogP contribution is 2.13. The Kier molecular flexibility index (Phi) is 5.38. The fourth-order valence-corrected chi connectivity index (χ4v) is 2.64. The Hall–Kier alpha value is -3.48. The van der Waals surface area contributed by atoms with Gasteiger partial charge >= 0.3 is 0 Å². The molecule has 0 saturated heterocycles. The van der Waals surface area contributed by atoms with Crippen LogP contribution in [0, 0.1) is 10.1 Å². The minimum absolute atomic E-state index is 0.101. The van der Waals surface area contributed by atoms with Crippen LogP contribution in [0.5, 0.6) is 0 Å². The average molecular weight is 350 g/mol. The van der Waals surface area contributed by atoms with Crippen molar-refractivity contribution in [2.24, 2.45) is 0 Å². The summed E-state index contributed by atoms with van der Waals surface area (Å²) >= 11 is 0. The van der Waals surface area contributed by atoms with Crippen LogP contribution in [-0.4, -0.2) is 26.9 Å². The van der Waals surface area contributed by atoms with Crippen molar-refractivity contribution in [2.75, 3.05) is 6.54 Å². The maximum absolute atomic E-state index is 12.2. The van der Waals surface area contributed by atoms with Gasteiger partial charge in [-0.25, -0.2) is 4.98 Å². The Morgan fingerprint density at radius 1 is 1.15 bits per heavy atom. The van der Waals surface area contributed by atoms with E-state index >= 15 is 0 Å². The molecule has 0 bridgehead atoms. The van der Waals surface area contributed by atoms with E-state index in [2.05, 4.69) is 10.3 Å². The van der Waals surface area contributed by atoms with Gasteiger partial charge in [0, 0.05) is 49.6 Å². The van der Waals surface area contributed by atoms with Gasteiger partial charge in [-0.2, -0.15) is 0 Å². The molecule has 0 saturated carbocycles. The van der Waals surface area contributed by atoms with Crippen molar-refractivity contribution >= 4 is 11.6 Å². The zero-order valence-corrected chi connectivity index (χ0v) is 14.0. The van der Waals surface area contributed by atoms with Gasteiger partial charge in [-0.15, -0.1) is 0 Å². The number of hydrogen-bond donors (Lipinski definition) is 1. The maximum Gasteiger partial charge on any atom is 0.270 e. The third-order valence-corrected chi connectivity index (χ3v) is 3.95. The van der Waals surface area contributed by atoms with Gasteiger partial charge in [-0.05, 0) is 11.6 Å². The highest BCUT2D eigenvalue weighted by molar-refractivity contribution is 5.94. The first-order chi connectivity index (χ1) is 12.6. The molecular formula is C19H18N4O3. The summed E-state index contributed by atoms with van der Waals surface area (Å²) in [7, 11) is 0. The lowest BCUT2D eigenvalue weighted by Gasteiger charge is -2.09. The van der Waals surface area contributed by atoms with Gasteiger partial charge in [-0.3, -0.25) is 14.9 Å².